The van der Waals surface area contributed by atoms with Gasteiger partial charge in [-0.2, -0.15) is 0 Å². The summed E-state index contributed by atoms with van der Waals surface area (Å²) >= 11 is 0. The molecule has 0 spiro atoms. The first kappa shape index (κ1) is 11.5. The first-order valence-corrected chi connectivity index (χ1v) is 5.76. The quantitative estimate of drug-likeness (QED) is 0.623. The molecule has 1 saturated carbocycles. The SMILES string of the molecule is C=C(C)CCC(=O)C1CCC(C)CC1. The second-order valence-electron chi connectivity index (χ2n) is 4.88. The first-order chi connectivity index (χ1) is 6.59. The number of carbonyl (C=O) groups excluding carboxylic acids is 1. The highest BCUT2D eigenvalue weighted by Gasteiger charge is 2.23. The monoisotopic (exact) mass is 194 g/mol. The van der Waals surface area contributed by atoms with Crippen molar-refractivity contribution in [2.75, 3.05) is 0 Å². The Morgan fingerprint density at radius 1 is 1.21 bits per heavy atom. The van der Waals surface area contributed by atoms with Gasteiger partial charge in [0.15, 0.2) is 0 Å². The maximum atomic E-state index is 11.8. The van der Waals surface area contributed by atoms with Gasteiger partial charge in [-0.15, -0.1) is 6.58 Å². The van der Waals surface area contributed by atoms with Gasteiger partial charge < -0.3 is 0 Å². The minimum Gasteiger partial charge on any atom is -0.299 e. The van der Waals surface area contributed by atoms with Crippen molar-refractivity contribution in [1.82, 2.24) is 0 Å². The first-order valence-electron chi connectivity index (χ1n) is 5.76. The molecule has 0 heterocycles. The maximum Gasteiger partial charge on any atom is 0.136 e. The van der Waals surface area contributed by atoms with Crippen LogP contribution in [0.5, 0.6) is 0 Å². The molecule has 1 aliphatic carbocycles. The zero-order valence-electron chi connectivity index (χ0n) is 9.51. The van der Waals surface area contributed by atoms with Gasteiger partial charge in [0.2, 0.25) is 0 Å². The van der Waals surface area contributed by atoms with Crippen LogP contribution in [0.1, 0.15) is 52.4 Å². The van der Waals surface area contributed by atoms with Gasteiger partial charge in [-0.05, 0) is 32.1 Å². The van der Waals surface area contributed by atoms with Crippen LogP contribution >= 0.6 is 0 Å². The molecule has 0 atom stereocenters. The van der Waals surface area contributed by atoms with Crippen LogP contribution in [0.2, 0.25) is 0 Å². The Balaban J connectivity index is 2.27. The number of allylic oxidation sites excluding steroid dienone is 1. The molecule has 0 bridgehead atoms. The highest BCUT2D eigenvalue weighted by molar-refractivity contribution is 5.81. The van der Waals surface area contributed by atoms with Crippen molar-refractivity contribution in [2.24, 2.45) is 11.8 Å². The molecule has 14 heavy (non-hydrogen) atoms. The summed E-state index contributed by atoms with van der Waals surface area (Å²) in [7, 11) is 0. The van der Waals surface area contributed by atoms with Crippen molar-refractivity contribution in [1.29, 1.82) is 0 Å². The molecule has 1 nitrogen and oxygen atoms in total. The van der Waals surface area contributed by atoms with Crippen molar-refractivity contribution in [3.63, 3.8) is 0 Å². The second kappa shape index (κ2) is 5.33. The van der Waals surface area contributed by atoms with Crippen LogP contribution in [-0.2, 0) is 4.79 Å². The molecule has 0 aromatic carbocycles. The van der Waals surface area contributed by atoms with Gasteiger partial charge in [-0.3, -0.25) is 4.79 Å². The van der Waals surface area contributed by atoms with E-state index < -0.39 is 0 Å². The Kier molecular flexibility index (Phi) is 4.37. The van der Waals surface area contributed by atoms with E-state index in [1.807, 2.05) is 6.92 Å². The van der Waals surface area contributed by atoms with E-state index in [0.29, 0.717) is 18.1 Å². The minimum absolute atomic E-state index is 0.366. The molecule has 1 rings (SSSR count). The summed E-state index contributed by atoms with van der Waals surface area (Å²) in [6, 6.07) is 0. The predicted octanol–water partition coefficient (Wildman–Crippen LogP) is 3.74. The topological polar surface area (TPSA) is 17.1 Å². The van der Waals surface area contributed by atoms with E-state index in [1.165, 1.54) is 12.8 Å². The van der Waals surface area contributed by atoms with Crippen LogP contribution in [-0.4, -0.2) is 5.78 Å². The molecule has 1 aliphatic rings. The Morgan fingerprint density at radius 2 is 1.79 bits per heavy atom. The molecule has 0 saturated heterocycles. The molecule has 80 valence electrons. The molecule has 0 N–H and O–H groups in total. The summed E-state index contributed by atoms with van der Waals surface area (Å²) < 4.78 is 0. The van der Waals surface area contributed by atoms with Crippen molar-refractivity contribution >= 4 is 5.78 Å². The van der Waals surface area contributed by atoms with Crippen LogP contribution in [0.3, 0.4) is 0 Å². The minimum atomic E-state index is 0.366. The van der Waals surface area contributed by atoms with Crippen LogP contribution in [0.4, 0.5) is 0 Å². The van der Waals surface area contributed by atoms with E-state index in [0.717, 1.165) is 30.8 Å². The lowest BCUT2D eigenvalue weighted by molar-refractivity contribution is -0.124. The third-order valence-corrected chi connectivity index (χ3v) is 3.27. The Morgan fingerprint density at radius 3 is 2.29 bits per heavy atom. The lowest BCUT2D eigenvalue weighted by Gasteiger charge is -2.25. The number of Topliss-reactive ketones (excluding diaryl/α,β-unsaturated/α-hetero) is 1. The Bertz CT molecular complexity index is 209. The molecule has 1 heteroatoms. The lowest BCUT2D eigenvalue weighted by atomic mass is 9.80. The number of carbonyl (C=O) groups is 1. The summed E-state index contributed by atoms with van der Waals surface area (Å²) in [4.78, 5) is 11.8. The molecule has 1 fully saturated rings. The summed E-state index contributed by atoms with van der Waals surface area (Å²) in [6.45, 7) is 8.11. The van der Waals surface area contributed by atoms with Gasteiger partial charge in [0, 0.05) is 12.3 Å². The summed E-state index contributed by atoms with van der Waals surface area (Å²) in [5, 5.41) is 0. The molecular formula is C13H22O. The molecule has 0 radical (unpaired) electrons. The summed E-state index contributed by atoms with van der Waals surface area (Å²) in [5.41, 5.74) is 1.13. The van der Waals surface area contributed by atoms with E-state index in [1.54, 1.807) is 0 Å². The van der Waals surface area contributed by atoms with Crippen molar-refractivity contribution < 1.29 is 4.79 Å². The fourth-order valence-electron chi connectivity index (χ4n) is 2.12. The highest BCUT2D eigenvalue weighted by Crippen LogP contribution is 2.29. The lowest BCUT2D eigenvalue weighted by Crippen LogP contribution is -2.20. The summed E-state index contributed by atoms with van der Waals surface area (Å²) in [6.07, 6.45) is 6.32. The van der Waals surface area contributed by atoms with Crippen LogP contribution in [0.25, 0.3) is 0 Å². The summed E-state index contributed by atoms with van der Waals surface area (Å²) in [5.74, 6) is 1.67. The normalized spacial score (nSPS) is 27.3. The molecule has 0 amide bonds. The number of ketones is 1. The standard InChI is InChI=1S/C13H22O/c1-10(2)4-9-13(14)12-7-5-11(3)6-8-12/h11-12H,1,4-9H2,2-3H3. The van der Waals surface area contributed by atoms with Gasteiger partial charge >= 0.3 is 0 Å². The van der Waals surface area contributed by atoms with Gasteiger partial charge in [-0.25, -0.2) is 0 Å². The molecule has 0 aromatic rings. The van der Waals surface area contributed by atoms with Crippen LogP contribution in [0.15, 0.2) is 12.2 Å². The fourth-order valence-corrected chi connectivity index (χ4v) is 2.12. The average Bonchev–Trinajstić information content (AvgIpc) is 2.15. The number of rotatable bonds is 4. The molecule has 0 unspecified atom stereocenters. The van der Waals surface area contributed by atoms with E-state index in [9.17, 15) is 4.79 Å². The molecule has 0 aliphatic heterocycles. The zero-order chi connectivity index (χ0) is 10.6. The van der Waals surface area contributed by atoms with Crippen molar-refractivity contribution in [3.05, 3.63) is 12.2 Å². The van der Waals surface area contributed by atoms with E-state index >= 15 is 0 Å². The van der Waals surface area contributed by atoms with E-state index in [4.69, 9.17) is 0 Å². The van der Waals surface area contributed by atoms with E-state index in [-0.39, 0.29) is 0 Å². The maximum absolute atomic E-state index is 11.8. The number of hydrogen-bond acceptors (Lipinski definition) is 1. The Labute approximate surface area is 87.6 Å². The van der Waals surface area contributed by atoms with Crippen LogP contribution in [0, 0.1) is 11.8 Å². The van der Waals surface area contributed by atoms with Gasteiger partial charge in [0.05, 0.1) is 0 Å². The van der Waals surface area contributed by atoms with Gasteiger partial charge in [0.25, 0.3) is 0 Å². The zero-order valence-corrected chi connectivity index (χ0v) is 9.51. The third-order valence-electron chi connectivity index (χ3n) is 3.27. The molecule has 0 aromatic heterocycles. The predicted molar refractivity (Wildman–Crippen MR) is 60.2 cm³/mol. The molecular weight excluding hydrogens is 172 g/mol. The van der Waals surface area contributed by atoms with Gasteiger partial charge in [0.1, 0.15) is 5.78 Å². The second-order valence-corrected chi connectivity index (χ2v) is 4.88. The average molecular weight is 194 g/mol. The number of hydrogen-bond donors (Lipinski definition) is 0. The van der Waals surface area contributed by atoms with E-state index in [2.05, 4.69) is 13.5 Å². The Hall–Kier alpha value is -0.590. The largest absolute Gasteiger partial charge is 0.299 e. The fraction of sp³-hybridized carbons (Fsp3) is 0.769. The highest BCUT2D eigenvalue weighted by atomic mass is 16.1. The third kappa shape index (κ3) is 3.65. The smallest absolute Gasteiger partial charge is 0.136 e. The van der Waals surface area contributed by atoms with Gasteiger partial charge in [-0.1, -0.05) is 25.3 Å². The van der Waals surface area contributed by atoms with Crippen molar-refractivity contribution in [2.45, 2.75) is 52.4 Å². The van der Waals surface area contributed by atoms with Crippen molar-refractivity contribution in [3.8, 4) is 0 Å². The van der Waals surface area contributed by atoms with Crippen LogP contribution < -0.4 is 0 Å².